The van der Waals surface area contributed by atoms with E-state index in [4.69, 9.17) is 27.9 Å². The summed E-state index contributed by atoms with van der Waals surface area (Å²) in [6.07, 6.45) is -3.74. The van der Waals surface area contributed by atoms with Crippen LogP contribution in [0.1, 0.15) is 12.0 Å². The number of ether oxygens (including phenoxy) is 1. The molecule has 11 heteroatoms. The van der Waals surface area contributed by atoms with Crippen molar-refractivity contribution in [2.24, 2.45) is 0 Å². The molecule has 31 heavy (non-hydrogen) atoms. The molecule has 176 valence electrons. The quantitative estimate of drug-likeness (QED) is 0.123. The first-order chi connectivity index (χ1) is 14.8. The summed E-state index contributed by atoms with van der Waals surface area (Å²) in [5.74, 6) is 1.30. The van der Waals surface area contributed by atoms with E-state index in [9.17, 15) is 24.5 Å². The van der Waals surface area contributed by atoms with Crippen LogP contribution in [0.15, 0.2) is 24.3 Å². The number of aryl methyl sites for hydroxylation is 1. The number of urea groups is 1. The SMILES string of the molecule is O=C(NCCCc1ccc([As](CCCl)CCCl)cc1)N[C@@]1(O)[C@H](O)[C@H](F)CO[C@@H]1CO. The fourth-order valence-electron chi connectivity index (χ4n) is 3.41. The van der Waals surface area contributed by atoms with Crippen LogP contribution in [0, 0.1) is 0 Å². The van der Waals surface area contributed by atoms with Gasteiger partial charge in [-0.2, -0.15) is 0 Å². The maximum absolute atomic E-state index is 13.7. The van der Waals surface area contributed by atoms with Gasteiger partial charge in [0.2, 0.25) is 0 Å². The number of amides is 2. The molecular formula is C20H30AsCl2FN2O5. The van der Waals surface area contributed by atoms with Gasteiger partial charge < -0.3 is 14.9 Å². The Morgan fingerprint density at radius 1 is 1.26 bits per heavy atom. The summed E-state index contributed by atoms with van der Waals surface area (Å²) in [5.41, 5.74) is -1.29. The number of alkyl halides is 3. The molecule has 1 heterocycles. The van der Waals surface area contributed by atoms with Crippen molar-refractivity contribution in [1.82, 2.24) is 10.6 Å². The fourth-order valence-corrected chi connectivity index (χ4v) is 9.13. The van der Waals surface area contributed by atoms with Crippen molar-refractivity contribution in [3.05, 3.63) is 29.8 Å². The average Bonchev–Trinajstić information content (AvgIpc) is 2.76. The Labute approximate surface area is 196 Å². The second-order valence-electron chi connectivity index (χ2n) is 7.31. The van der Waals surface area contributed by atoms with E-state index >= 15 is 0 Å². The molecule has 0 bridgehead atoms. The summed E-state index contributed by atoms with van der Waals surface area (Å²) in [6.45, 7) is -0.853. The van der Waals surface area contributed by atoms with E-state index in [-0.39, 0.29) is 0 Å². The van der Waals surface area contributed by atoms with E-state index in [0.717, 1.165) is 22.4 Å². The molecule has 1 aromatic rings. The number of rotatable bonds is 11. The molecule has 0 aliphatic carbocycles. The molecule has 0 spiro atoms. The second kappa shape index (κ2) is 13.2. The Balaban J connectivity index is 1.79. The molecule has 0 unspecified atom stereocenters. The zero-order valence-corrected chi connectivity index (χ0v) is 20.5. The van der Waals surface area contributed by atoms with Crippen molar-refractivity contribution in [2.75, 3.05) is 31.5 Å². The molecule has 1 aliphatic heterocycles. The van der Waals surface area contributed by atoms with Crippen molar-refractivity contribution in [3.8, 4) is 0 Å². The fraction of sp³-hybridized carbons (Fsp3) is 0.650. The van der Waals surface area contributed by atoms with Crippen molar-refractivity contribution in [2.45, 2.75) is 47.4 Å². The van der Waals surface area contributed by atoms with Crippen LogP contribution in [0.2, 0.25) is 10.4 Å². The summed E-state index contributed by atoms with van der Waals surface area (Å²) in [4.78, 5) is 12.1. The number of benzene rings is 1. The predicted molar refractivity (Wildman–Crippen MR) is 120 cm³/mol. The topological polar surface area (TPSA) is 111 Å². The zero-order chi connectivity index (χ0) is 22.9. The number of hydrogen-bond donors (Lipinski definition) is 5. The molecule has 0 saturated carbocycles. The third-order valence-corrected chi connectivity index (χ3v) is 12.0. The van der Waals surface area contributed by atoms with Crippen LogP contribution in [-0.2, 0) is 11.2 Å². The van der Waals surface area contributed by atoms with E-state index in [2.05, 4.69) is 34.9 Å². The van der Waals surface area contributed by atoms with Gasteiger partial charge in [0.05, 0.1) is 13.2 Å². The molecule has 1 saturated heterocycles. The Bertz CT molecular complexity index is 680. The monoisotopic (exact) mass is 542 g/mol. The summed E-state index contributed by atoms with van der Waals surface area (Å²) in [5, 5.41) is 36.4. The summed E-state index contributed by atoms with van der Waals surface area (Å²) >= 11 is 10.6. The van der Waals surface area contributed by atoms with Gasteiger partial charge in [-0.25, -0.2) is 4.39 Å². The Kier molecular flexibility index (Phi) is 11.3. The van der Waals surface area contributed by atoms with Crippen molar-refractivity contribution < 1.29 is 29.2 Å². The van der Waals surface area contributed by atoms with E-state index < -0.39 is 58.0 Å². The first-order valence-electron chi connectivity index (χ1n) is 10.1. The van der Waals surface area contributed by atoms with Gasteiger partial charge in [0.15, 0.2) is 6.17 Å². The zero-order valence-electron chi connectivity index (χ0n) is 17.1. The molecule has 2 rings (SSSR count). The Morgan fingerprint density at radius 2 is 1.90 bits per heavy atom. The van der Waals surface area contributed by atoms with Crippen LogP contribution in [-0.4, -0.2) is 91.6 Å². The molecule has 0 aromatic heterocycles. The molecule has 5 N–H and O–H groups in total. The molecule has 1 aromatic carbocycles. The summed E-state index contributed by atoms with van der Waals surface area (Å²) in [7, 11) is 0. The third-order valence-electron chi connectivity index (χ3n) is 5.16. The number of halogens is 3. The molecule has 1 fully saturated rings. The van der Waals surface area contributed by atoms with Crippen LogP contribution in [0.25, 0.3) is 0 Å². The molecule has 4 atom stereocenters. The van der Waals surface area contributed by atoms with E-state index in [0.29, 0.717) is 24.7 Å². The molecular weight excluding hydrogens is 513 g/mol. The van der Waals surface area contributed by atoms with Crippen molar-refractivity contribution >= 4 is 48.2 Å². The minimum atomic E-state index is -2.42. The van der Waals surface area contributed by atoms with Gasteiger partial charge in [-0.05, 0) is 0 Å². The first-order valence-corrected chi connectivity index (χ1v) is 14.8. The second-order valence-corrected chi connectivity index (χ2v) is 13.3. The standard InChI is InChI=1S/C20H30AsCl2FN2O5/c22-9-7-21(8-10-23)15-5-3-14(4-6-15)2-1-11-25-19(29)26-20(30)17(12-27)31-13-16(24)18(20)28/h3-6,16-18,27-28,30H,1-2,7-13H2,(H2,25,26,29)/t16-,17-,18-,20+/m1/s1. The number of aliphatic hydroxyl groups excluding tert-OH is 2. The van der Waals surface area contributed by atoms with Gasteiger partial charge in [0.25, 0.3) is 0 Å². The van der Waals surface area contributed by atoms with Gasteiger partial charge in [-0.1, -0.05) is 0 Å². The molecule has 0 radical (unpaired) electrons. The number of nitrogens with one attached hydrogen (secondary N) is 2. The summed E-state index contributed by atoms with van der Waals surface area (Å²) in [6, 6.07) is 7.63. The minimum Gasteiger partial charge on any atom is -0.393 e. The van der Waals surface area contributed by atoms with Crippen molar-refractivity contribution in [3.63, 3.8) is 0 Å². The number of aliphatic hydroxyl groups is 3. The smallest absolute Gasteiger partial charge is 0.393 e. The Morgan fingerprint density at radius 3 is 2.48 bits per heavy atom. The number of carbonyl (C=O) groups is 1. The molecule has 2 amide bonds. The van der Waals surface area contributed by atoms with Gasteiger partial charge in [-0.3, -0.25) is 0 Å². The summed E-state index contributed by atoms with van der Waals surface area (Å²) < 4.78 is 20.0. The number of carbonyl (C=O) groups excluding carboxylic acids is 1. The van der Waals surface area contributed by atoms with Gasteiger partial charge in [0.1, 0.15) is 0 Å². The van der Waals surface area contributed by atoms with E-state index in [1.165, 1.54) is 4.35 Å². The van der Waals surface area contributed by atoms with E-state index in [1.54, 1.807) is 0 Å². The average molecular weight is 543 g/mol. The molecule has 7 nitrogen and oxygen atoms in total. The van der Waals surface area contributed by atoms with E-state index in [1.807, 2.05) is 0 Å². The Hall–Kier alpha value is -0.602. The van der Waals surface area contributed by atoms with Crippen LogP contribution < -0.4 is 15.0 Å². The van der Waals surface area contributed by atoms with Crippen LogP contribution in [0.4, 0.5) is 9.18 Å². The van der Waals surface area contributed by atoms with Gasteiger partial charge in [-0.15, -0.1) is 0 Å². The van der Waals surface area contributed by atoms with Gasteiger partial charge >= 0.3 is 158 Å². The van der Waals surface area contributed by atoms with Crippen LogP contribution >= 0.6 is 23.2 Å². The predicted octanol–water partition coefficient (Wildman–Crippen LogP) is 0.876. The third kappa shape index (κ3) is 7.46. The maximum atomic E-state index is 13.7. The first kappa shape index (κ1) is 26.6. The molecule has 1 aliphatic rings. The van der Waals surface area contributed by atoms with Crippen molar-refractivity contribution in [1.29, 1.82) is 0 Å². The normalized spacial score (nSPS) is 26.1. The van der Waals surface area contributed by atoms with Crippen LogP contribution in [0.5, 0.6) is 0 Å². The minimum absolute atomic E-state index is 0.305. The van der Waals surface area contributed by atoms with Gasteiger partial charge in [0, 0.05) is 0 Å². The van der Waals surface area contributed by atoms with Crippen LogP contribution in [0.3, 0.4) is 0 Å². The number of hydrogen-bond acceptors (Lipinski definition) is 5.